The van der Waals surface area contributed by atoms with E-state index in [1.807, 2.05) is 4.90 Å². The smallest absolute Gasteiger partial charge is 0.320 e. The number of anilines is 2. The number of nitrogens with zero attached hydrogens (tertiary/aromatic N) is 3. The molecule has 2 heterocycles. The number of hydrogen-bond donors (Lipinski definition) is 3. The molecule has 2 aliphatic rings. The number of piperazine rings is 1. The first-order valence-electron chi connectivity index (χ1n) is 14.5. The Kier molecular flexibility index (Phi) is 9.88. The minimum atomic E-state index is -1.16. The predicted molar refractivity (Wildman–Crippen MR) is 161 cm³/mol. The van der Waals surface area contributed by atoms with E-state index in [0.717, 1.165) is 6.07 Å². The van der Waals surface area contributed by atoms with E-state index in [0.29, 0.717) is 63.7 Å². The topological polar surface area (TPSA) is 132 Å². The fourth-order valence-corrected chi connectivity index (χ4v) is 5.33. The van der Waals surface area contributed by atoms with Crippen LogP contribution in [0.5, 0.6) is 0 Å². The summed E-state index contributed by atoms with van der Waals surface area (Å²) in [7, 11) is 0. The average Bonchev–Trinajstić information content (AvgIpc) is 3.04. The third kappa shape index (κ3) is 7.92. The first kappa shape index (κ1) is 31.4. The van der Waals surface area contributed by atoms with Crippen LogP contribution < -0.4 is 15.5 Å². The molecule has 0 bridgehead atoms. The zero-order chi connectivity index (χ0) is 31.9. The highest BCUT2D eigenvalue weighted by Gasteiger charge is 2.28. The number of ether oxygens (including phenoxy) is 1. The normalized spacial score (nSPS) is 15.7. The van der Waals surface area contributed by atoms with Crippen molar-refractivity contribution in [2.45, 2.75) is 12.5 Å². The summed E-state index contributed by atoms with van der Waals surface area (Å²) < 4.78 is 32.7. The van der Waals surface area contributed by atoms with Gasteiger partial charge in [-0.25, -0.2) is 13.6 Å². The highest BCUT2D eigenvalue weighted by Crippen LogP contribution is 2.30. The number of hydrogen-bond acceptors (Lipinski definition) is 6. The summed E-state index contributed by atoms with van der Waals surface area (Å²) in [6, 6.07) is 14.0. The van der Waals surface area contributed by atoms with Crippen LogP contribution in [-0.4, -0.2) is 91.2 Å². The van der Waals surface area contributed by atoms with Crippen LogP contribution in [0.4, 0.5) is 25.0 Å². The SMILES string of the molecule is O=C(O)CC(NC(=O)c1ccc(N2CCN(C(=O)N3CCOCC3)CC2)c(NC(=O)c2cccc(F)c2)c1)c1ccc(F)cc1. The Morgan fingerprint density at radius 1 is 0.778 bits per heavy atom. The van der Waals surface area contributed by atoms with Gasteiger partial charge in [0, 0.05) is 50.4 Å². The van der Waals surface area contributed by atoms with Gasteiger partial charge in [-0.3, -0.25) is 14.4 Å². The number of urea groups is 1. The van der Waals surface area contributed by atoms with Crippen molar-refractivity contribution in [2.24, 2.45) is 0 Å². The van der Waals surface area contributed by atoms with Gasteiger partial charge in [0.15, 0.2) is 0 Å². The molecule has 13 heteroatoms. The number of halogens is 2. The van der Waals surface area contributed by atoms with Gasteiger partial charge >= 0.3 is 12.0 Å². The molecule has 0 radical (unpaired) electrons. The van der Waals surface area contributed by atoms with Gasteiger partial charge in [-0.2, -0.15) is 0 Å². The van der Waals surface area contributed by atoms with Gasteiger partial charge in [0.25, 0.3) is 11.8 Å². The summed E-state index contributed by atoms with van der Waals surface area (Å²) >= 11 is 0. The molecule has 4 amide bonds. The van der Waals surface area contributed by atoms with Gasteiger partial charge < -0.3 is 35.2 Å². The Hall–Kier alpha value is -5.04. The lowest BCUT2D eigenvalue weighted by Gasteiger charge is -2.39. The van der Waals surface area contributed by atoms with Gasteiger partial charge in [-0.05, 0) is 54.1 Å². The third-order valence-electron chi connectivity index (χ3n) is 7.72. The van der Waals surface area contributed by atoms with Gasteiger partial charge in [0.1, 0.15) is 11.6 Å². The number of nitrogens with one attached hydrogen (secondary N) is 2. The molecule has 236 valence electrons. The van der Waals surface area contributed by atoms with Crippen LogP contribution in [-0.2, 0) is 9.53 Å². The first-order valence-corrected chi connectivity index (χ1v) is 14.5. The van der Waals surface area contributed by atoms with Crippen molar-refractivity contribution in [3.8, 4) is 0 Å². The first-order chi connectivity index (χ1) is 21.7. The van der Waals surface area contributed by atoms with E-state index >= 15 is 0 Å². The van der Waals surface area contributed by atoms with Crippen molar-refractivity contribution in [1.82, 2.24) is 15.1 Å². The molecule has 45 heavy (non-hydrogen) atoms. The molecular weight excluding hydrogens is 588 g/mol. The maximum absolute atomic E-state index is 13.9. The molecule has 11 nitrogen and oxygen atoms in total. The number of carbonyl (C=O) groups is 4. The molecule has 2 fully saturated rings. The number of morpholine rings is 1. The van der Waals surface area contributed by atoms with Gasteiger partial charge in [-0.15, -0.1) is 0 Å². The Morgan fingerprint density at radius 3 is 2.11 bits per heavy atom. The van der Waals surface area contributed by atoms with E-state index in [1.165, 1.54) is 48.5 Å². The Balaban J connectivity index is 1.37. The molecule has 3 N–H and O–H groups in total. The lowest BCUT2D eigenvalue weighted by molar-refractivity contribution is -0.137. The van der Waals surface area contributed by atoms with Gasteiger partial charge in [0.05, 0.1) is 37.1 Å². The van der Waals surface area contributed by atoms with Crippen LogP contribution >= 0.6 is 0 Å². The van der Waals surface area contributed by atoms with E-state index in [4.69, 9.17) is 4.74 Å². The molecule has 1 atom stereocenters. The van der Waals surface area contributed by atoms with Crippen molar-refractivity contribution in [3.05, 3.63) is 95.1 Å². The molecule has 5 rings (SSSR count). The summed E-state index contributed by atoms with van der Waals surface area (Å²) in [5.74, 6) is -3.44. The summed E-state index contributed by atoms with van der Waals surface area (Å²) in [5, 5.41) is 14.9. The maximum atomic E-state index is 13.9. The minimum absolute atomic E-state index is 0.0540. The van der Waals surface area contributed by atoms with Crippen LogP contribution in [0.15, 0.2) is 66.7 Å². The molecule has 0 saturated carbocycles. The van der Waals surface area contributed by atoms with Crippen LogP contribution in [0.25, 0.3) is 0 Å². The number of carboxylic acid groups (broad SMARTS) is 1. The molecule has 2 saturated heterocycles. The number of benzene rings is 3. The second-order valence-electron chi connectivity index (χ2n) is 10.7. The second-order valence-corrected chi connectivity index (χ2v) is 10.7. The van der Waals surface area contributed by atoms with Crippen LogP contribution in [0.2, 0.25) is 0 Å². The second kappa shape index (κ2) is 14.2. The quantitative estimate of drug-likeness (QED) is 0.349. The molecule has 3 aromatic carbocycles. The minimum Gasteiger partial charge on any atom is -0.481 e. The highest BCUT2D eigenvalue weighted by atomic mass is 19.1. The van der Waals surface area contributed by atoms with Crippen LogP contribution in [0, 0.1) is 11.6 Å². The molecule has 0 aliphatic carbocycles. The zero-order valence-corrected chi connectivity index (χ0v) is 24.4. The van der Waals surface area contributed by atoms with Crippen LogP contribution in [0.3, 0.4) is 0 Å². The zero-order valence-electron chi connectivity index (χ0n) is 24.4. The number of aliphatic carboxylic acids is 1. The molecule has 0 aromatic heterocycles. The van der Waals surface area contributed by atoms with E-state index in [9.17, 15) is 33.1 Å². The lowest BCUT2D eigenvalue weighted by Crippen LogP contribution is -2.54. The summed E-state index contributed by atoms with van der Waals surface area (Å²) in [6.45, 7) is 3.85. The number of carboxylic acids is 1. The standard InChI is InChI=1S/C32H33F2N5O6/c33-24-7-4-21(5-8-24)26(20-29(40)41)35-31(43)23-6-9-28(27(19-23)36-30(42)22-2-1-3-25(34)18-22)37-10-12-38(13-11-37)32(44)39-14-16-45-17-15-39/h1-9,18-19,26H,10-17,20H2,(H,35,43)(H,36,42)(H,40,41). The average molecular weight is 622 g/mol. The van der Waals surface area contributed by atoms with Crippen molar-refractivity contribution >= 4 is 35.2 Å². The van der Waals surface area contributed by atoms with E-state index < -0.39 is 41.9 Å². The predicted octanol–water partition coefficient (Wildman–Crippen LogP) is 3.74. The van der Waals surface area contributed by atoms with E-state index in [2.05, 4.69) is 10.6 Å². The van der Waals surface area contributed by atoms with Gasteiger partial charge in [-0.1, -0.05) is 18.2 Å². The summed E-state index contributed by atoms with van der Waals surface area (Å²) in [5.41, 5.74) is 1.49. The van der Waals surface area contributed by atoms with Crippen molar-refractivity contribution in [3.63, 3.8) is 0 Å². The van der Waals surface area contributed by atoms with Crippen molar-refractivity contribution in [1.29, 1.82) is 0 Å². The third-order valence-corrected chi connectivity index (χ3v) is 7.72. The number of carbonyl (C=O) groups excluding carboxylic acids is 3. The molecule has 1 unspecified atom stereocenters. The monoisotopic (exact) mass is 621 g/mol. The molecular formula is C32H33F2N5O6. The Labute approximate surface area is 258 Å². The van der Waals surface area contributed by atoms with Gasteiger partial charge in [0.2, 0.25) is 0 Å². The Bertz CT molecular complexity index is 1560. The largest absolute Gasteiger partial charge is 0.481 e. The molecule has 2 aliphatic heterocycles. The maximum Gasteiger partial charge on any atom is 0.320 e. The summed E-state index contributed by atoms with van der Waals surface area (Å²) in [6.07, 6.45) is -0.438. The number of rotatable bonds is 8. The van der Waals surface area contributed by atoms with Crippen molar-refractivity contribution in [2.75, 3.05) is 62.7 Å². The fourth-order valence-electron chi connectivity index (χ4n) is 5.33. The molecule has 3 aromatic rings. The lowest BCUT2D eigenvalue weighted by atomic mass is 10.0. The van der Waals surface area contributed by atoms with Crippen molar-refractivity contribution < 1.29 is 37.8 Å². The Morgan fingerprint density at radius 2 is 1.44 bits per heavy atom. The van der Waals surface area contributed by atoms with E-state index in [-0.39, 0.29) is 22.8 Å². The van der Waals surface area contributed by atoms with Crippen LogP contribution in [0.1, 0.15) is 38.7 Å². The molecule has 0 spiro atoms. The summed E-state index contributed by atoms with van der Waals surface area (Å²) in [4.78, 5) is 56.6. The fraction of sp³-hybridized carbons (Fsp3) is 0.312. The number of amides is 4. The van der Waals surface area contributed by atoms with E-state index in [1.54, 1.807) is 21.9 Å². The highest BCUT2D eigenvalue weighted by molar-refractivity contribution is 6.07.